The normalized spacial score (nSPS) is 13.7. The average molecular weight is 1260 g/mol. The summed E-state index contributed by atoms with van der Waals surface area (Å²) in [6.07, 6.45) is 104. The van der Waals surface area contributed by atoms with E-state index in [-0.39, 0.29) is 38.6 Å². The third-order valence-corrected chi connectivity index (χ3v) is 16.5. The van der Waals surface area contributed by atoms with Crippen molar-refractivity contribution in [1.29, 1.82) is 0 Å². The minimum Gasteiger partial charge on any atom is -0.462 e. The van der Waals surface area contributed by atoms with E-state index >= 15 is 0 Å². The van der Waals surface area contributed by atoms with Gasteiger partial charge in [-0.3, -0.25) is 18.6 Å². The summed E-state index contributed by atoms with van der Waals surface area (Å²) >= 11 is 0. The van der Waals surface area contributed by atoms with E-state index < -0.39 is 26.5 Å². The predicted octanol–water partition coefficient (Wildman–Crippen LogP) is 24.4. The number of rotatable bonds is 68. The van der Waals surface area contributed by atoms with Gasteiger partial charge in [0.1, 0.15) is 6.61 Å². The molecule has 9 nitrogen and oxygen atoms in total. The lowest BCUT2D eigenvalue weighted by atomic mass is 10.0. The minimum atomic E-state index is -4.40. The molecule has 0 saturated carbocycles. The Balaban J connectivity index is 3.87. The third-order valence-electron chi connectivity index (χ3n) is 15.5. The molecule has 89 heavy (non-hydrogen) atoms. The first-order valence-corrected chi connectivity index (χ1v) is 38.2. The highest BCUT2D eigenvalue weighted by atomic mass is 31.2. The van der Waals surface area contributed by atoms with Crippen molar-refractivity contribution in [2.75, 3.05) is 26.4 Å². The summed E-state index contributed by atoms with van der Waals surface area (Å²) in [5.74, 6) is -0.822. The second-order valence-electron chi connectivity index (χ2n) is 24.0. The number of phosphoric acid groups is 1. The smallest absolute Gasteiger partial charge is 0.462 e. The van der Waals surface area contributed by atoms with Crippen molar-refractivity contribution >= 4 is 19.8 Å². The van der Waals surface area contributed by atoms with Crippen LogP contribution in [0.15, 0.2) is 134 Å². The van der Waals surface area contributed by atoms with E-state index in [4.69, 9.17) is 24.3 Å². The molecule has 0 aliphatic carbocycles. The third kappa shape index (κ3) is 73.1. The first-order chi connectivity index (χ1) is 43.8. The van der Waals surface area contributed by atoms with Crippen LogP contribution in [0.2, 0.25) is 0 Å². The first kappa shape index (κ1) is 85.2. The number of nitrogens with two attached hydrogens (primary N) is 1. The summed E-state index contributed by atoms with van der Waals surface area (Å²) in [6, 6.07) is 0. The molecule has 0 bridgehead atoms. The van der Waals surface area contributed by atoms with Crippen LogP contribution in [0.25, 0.3) is 0 Å². The molecule has 0 spiro atoms. The minimum absolute atomic E-state index is 0.0497. The standard InChI is InChI=1S/C79H136NO8P/c1-3-5-7-9-11-13-15-17-19-21-23-25-27-29-31-33-35-37-38-40-42-44-46-48-50-52-54-56-58-60-62-64-66-68-70-72-79(82)88-77(76-87-89(83,84)86-74-73-80)75-85-78(81)71-69-67-65-63-61-59-57-55-53-51-49-47-45-43-41-39-36-34-32-30-28-26-24-22-20-18-16-14-12-10-8-6-4-2/h5-8,11-14,17-20,23-26,29,31,35,37,40,42,77H,3-4,9-10,15-16,21-22,27-28,30,32-34,36,38-39,41,43-76,80H2,1-2H3,(H,83,84)/b7-5-,8-6-,13-11-,14-12-,19-17-,20-18-,25-23-,26-24-,31-29-,37-35-,42-40-. The number of unbranched alkanes of at least 4 members (excludes halogenated alkanes) is 33. The van der Waals surface area contributed by atoms with Gasteiger partial charge in [-0.05, 0) is 109 Å². The Bertz CT molecular complexity index is 1920. The summed E-state index contributed by atoms with van der Waals surface area (Å²) in [4.78, 5) is 35.4. The molecule has 0 fully saturated rings. The molecule has 0 aromatic carbocycles. The number of carbonyl (C=O) groups excluding carboxylic acids is 2. The lowest BCUT2D eigenvalue weighted by Crippen LogP contribution is -2.29. The van der Waals surface area contributed by atoms with E-state index in [0.717, 1.165) is 109 Å². The summed E-state index contributed by atoms with van der Waals surface area (Å²) < 4.78 is 33.2. The van der Waals surface area contributed by atoms with E-state index in [1.54, 1.807) is 0 Å². The van der Waals surface area contributed by atoms with Crippen molar-refractivity contribution in [3.05, 3.63) is 134 Å². The molecule has 0 aliphatic heterocycles. The van der Waals surface area contributed by atoms with E-state index in [9.17, 15) is 19.0 Å². The van der Waals surface area contributed by atoms with Gasteiger partial charge in [0.2, 0.25) is 0 Å². The van der Waals surface area contributed by atoms with Crippen molar-refractivity contribution in [3.8, 4) is 0 Å². The van der Waals surface area contributed by atoms with Gasteiger partial charge in [0.05, 0.1) is 13.2 Å². The van der Waals surface area contributed by atoms with Gasteiger partial charge in [0.25, 0.3) is 0 Å². The number of esters is 2. The maximum atomic E-state index is 12.8. The fourth-order valence-electron chi connectivity index (χ4n) is 10.2. The molecular formula is C79H136NO8P. The van der Waals surface area contributed by atoms with Gasteiger partial charge >= 0.3 is 19.8 Å². The van der Waals surface area contributed by atoms with Crippen LogP contribution in [-0.2, 0) is 32.7 Å². The Kier molecular flexibility index (Phi) is 70.0. The van der Waals surface area contributed by atoms with Gasteiger partial charge in [0, 0.05) is 19.4 Å². The average Bonchev–Trinajstić information content (AvgIpc) is 3.66. The molecule has 2 unspecified atom stereocenters. The van der Waals surface area contributed by atoms with Gasteiger partial charge in [-0.15, -0.1) is 0 Å². The molecule has 0 aliphatic rings. The molecule has 510 valence electrons. The van der Waals surface area contributed by atoms with E-state index in [2.05, 4.69) is 148 Å². The summed E-state index contributed by atoms with van der Waals surface area (Å²) in [5.41, 5.74) is 5.41. The predicted molar refractivity (Wildman–Crippen MR) is 385 cm³/mol. The highest BCUT2D eigenvalue weighted by molar-refractivity contribution is 7.47. The molecule has 0 heterocycles. The largest absolute Gasteiger partial charge is 0.472 e. The number of hydrogen-bond acceptors (Lipinski definition) is 8. The second-order valence-corrected chi connectivity index (χ2v) is 25.5. The number of allylic oxidation sites excluding steroid dienone is 22. The topological polar surface area (TPSA) is 134 Å². The molecular weight excluding hydrogens is 1120 g/mol. The monoisotopic (exact) mass is 1260 g/mol. The zero-order valence-electron chi connectivity index (χ0n) is 57.4. The zero-order valence-corrected chi connectivity index (χ0v) is 58.3. The molecule has 3 N–H and O–H groups in total. The van der Waals surface area contributed by atoms with Crippen molar-refractivity contribution in [2.45, 2.75) is 328 Å². The van der Waals surface area contributed by atoms with Gasteiger partial charge in [-0.25, -0.2) is 4.57 Å². The molecule has 0 radical (unpaired) electrons. The van der Waals surface area contributed by atoms with Crippen LogP contribution in [0.3, 0.4) is 0 Å². The van der Waals surface area contributed by atoms with E-state index in [1.807, 2.05) is 0 Å². The SMILES string of the molecule is CC/C=C\C/C=C\C/C=C\C/C=C\C/C=C\C/C=C\C/C=C\CCCCCCCCCCCCCCCC(=O)OC(COC(=O)CCCCCCCCCCCCCCCCCCCCCC/C=C\C/C=C\C/C=C\C/C=C\CC)COP(=O)(O)OCCN. The quantitative estimate of drug-likeness (QED) is 0.0264. The Morgan fingerprint density at radius 3 is 0.865 bits per heavy atom. The number of carbonyl (C=O) groups is 2. The Morgan fingerprint density at radius 2 is 0.584 bits per heavy atom. The van der Waals surface area contributed by atoms with Crippen LogP contribution in [0.1, 0.15) is 322 Å². The van der Waals surface area contributed by atoms with E-state index in [1.165, 1.54) is 180 Å². The Hall–Kier alpha value is -3.85. The van der Waals surface area contributed by atoms with Crippen molar-refractivity contribution < 1.29 is 37.6 Å². The van der Waals surface area contributed by atoms with Crippen LogP contribution in [-0.4, -0.2) is 49.3 Å². The van der Waals surface area contributed by atoms with Crippen LogP contribution in [0.5, 0.6) is 0 Å². The zero-order chi connectivity index (χ0) is 64.4. The highest BCUT2D eigenvalue weighted by Crippen LogP contribution is 2.43. The summed E-state index contributed by atoms with van der Waals surface area (Å²) in [6.45, 7) is 3.55. The second kappa shape index (κ2) is 73.2. The maximum Gasteiger partial charge on any atom is 0.472 e. The molecule has 0 saturated heterocycles. The number of ether oxygens (including phenoxy) is 2. The van der Waals surface area contributed by atoms with Gasteiger partial charge in [-0.2, -0.15) is 0 Å². The van der Waals surface area contributed by atoms with Gasteiger partial charge in [0.15, 0.2) is 6.10 Å². The lowest BCUT2D eigenvalue weighted by Gasteiger charge is -2.19. The summed E-state index contributed by atoms with van der Waals surface area (Å²) in [7, 11) is -4.40. The number of hydrogen-bond donors (Lipinski definition) is 2. The van der Waals surface area contributed by atoms with Gasteiger partial charge < -0.3 is 20.1 Å². The molecule has 0 aromatic heterocycles. The fraction of sp³-hybridized carbons (Fsp3) is 0.696. The van der Waals surface area contributed by atoms with Crippen molar-refractivity contribution in [1.82, 2.24) is 0 Å². The van der Waals surface area contributed by atoms with Crippen LogP contribution in [0, 0.1) is 0 Å². The molecule has 10 heteroatoms. The molecule has 0 rings (SSSR count). The Morgan fingerprint density at radius 1 is 0.337 bits per heavy atom. The Labute approximate surface area is 548 Å². The van der Waals surface area contributed by atoms with Crippen molar-refractivity contribution in [2.24, 2.45) is 5.73 Å². The van der Waals surface area contributed by atoms with Crippen LogP contribution < -0.4 is 5.73 Å². The fourth-order valence-corrected chi connectivity index (χ4v) is 11.0. The number of phosphoric ester groups is 1. The van der Waals surface area contributed by atoms with E-state index in [0.29, 0.717) is 6.42 Å². The maximum absolute atomic E-state index is 12.8. The molecule has 0 aromatic rings. The highest BCUT2D eigenvalue weighted by Gasteiger charge is 2.26. The van der Waals surface area contributed by atoms with Crippen molar-refractivity contribution in [3.63, 3.8) is 0 Å². The van der Waals surface area contributed by atoms with Crippen LogP contribution >= 0.6 is 7.82 Å². The molecule has 2 atom stereocenters. The lowest BCUT2D eigenvalue weighted by molar-refractivity contribution is -0.161. The van der Waals surface area contributed by atoms with Gasteiger partial charge in [-0.1, -0.05) is 334 Å². The first-order valence-electron chi connectivity index (χ1n) is 36.7. The summed E-state index contributed by atoms with van der Waals surface area (Å²) in [5, 5.41) is 0. The van der Waals surface area contributed by atoms with Crippen LogP contribution in [0.4, 0.5) is 0 Å². The molecule has 0 amide bonds.